The zero-order chi connectivity index (χ0) is 11.3. The monoisotopic (exact) mass is 228 g/mol. The van der Waals surface area contributed by atoms with Crippen LogP contribution in [0.4, 0.5) is 4.39 Å². The Morgan fingerprint density at radius 3 is 3.00 bits per heavy atom. The van der Waals surface area contributed by atoms with E-state index in [9.17, 15) is 9.18 Å². The fraction of sp³-hybridized carbons (Fsp3) is 0.182. The Bertz CT molecular complexity index is 388. The van der Waals surface area contributed by atoms with Gasteiger partial charge in [0, 0.05) is 0 Å². The number of methoxy groups -OCH3 is 1. The highest BCUT2D eigenvalue weighted by Crippen LogP contribution is 2.20. The second kappa shape index (κ2) is 5.51. The van der Waals surface area contributed by atoms with E-state index in [0.29, 0.717) is 5.56 Å². The van der Waals surface area contributed by atoms with E-state index >= 15 is 0 Å². The summed E-state index contributed by atoms with van der Waals surface area (Å²) in [5.74, 6) is -0.823. The highest BCUT2D eigenvalue weighted by Gasteiger charge is 2.02. The van der Waals surface area contributed by atoms with Crippen molar-refractivity contribution in [3.8, 4) is 0 Å². The maximum atomic E-state index is 13.0. The Balaban J connectivity index is 2.72. The third kappa shape index (κ3) is 3.36. The first kappa shape index (κ1) is 11.7. The van der Waals surface area contributed by atoms with Gasteiger partial charge in [0.2, 0.25) is 0 Å². The first-order valence-corrected chi connectivity index (χ1v) is 4.70. The largest absolute Gasteiger partial charge is 0.469 e. The maximum Gasteiger partial charge on any atom is 0.309 e. The Morgan fingerprint density at radius 1 is 1.60 bits per heavy atom. The first-order valence-electron chi connectivity index (χ1n) is 4.32. The topological polar surface area (TPSA) is 26.3 Å². The van der Waals surface area contributed by atoms with E-state index in [2.05, 4.69) is 4.74 Å². The summed E-state index contributed by atoms with van der Waals surface area (Å²) in [4.78, 5) is 10.8. The van der Waals surface area contributed by atoms with Crippen molar-refractivity contribution in [2.24, 2.45) is 0 Å². The van der Waals surface area contributed by atoms with Gasteiger partial charge < -0.3 is 4.74 Å². The van der Waals surface area contributed by atoms with Gasteiger partial charge in [-0.15, -0.1) is 0 Å². The molecule has 2 nitrogen and oxygen atoms in total. The van der Waals surface area contributed by atoms with E-state index in [-0.39, 0.29) is 17.4 Å². The van der Waals surface area contributed by atoms with Gasteiger partial charge in [0.1, 0.15) is 5.82 Å². The number of rotatable bonds is 3. The Labute approximate surface area is 92.3 Å². The van der Waals surface area contributed by atoms with Crippen LogP contribution >= 0.6 is 11.6 Å². The molecule has 0 saturated carbocycles. The molecule has 0 aromatic heterocycles. The van der Waals surface area contributed by atoms with E-state index in [1.807, 2.05) is 0 Å². The number of carbonyl (C=O) groups excluding carboxylic acids is 1. The average molecular weight is 229 g/mol. The zero-order valence-corrected chi connectivity index (χ0v) is 8.92. The summed E-state index contributed by atoms with van der Waals surface area (Å²) in [5, 5.41) is 0.0543. The van der Waals surface area contributed by atoms with Crippen molar-refractivity contribution in [1.29, 1.82) is 0 Å². The summed E-state index contributed by atoms with van der Waals surface area (Å²) in [6.45, 7) is 0. The third-order valence-corrected chi connectivity index (χ3v) is 2.19. The standard InChI is InChI=1S/C11H10ClFO2/c1-15-10(14)7-3-5-8-4-2-6-9(13)11(8)12/h2-6H,7H2,1H3. The molecule has 0 atom stereocenters. The van der Waals surface area contributed by atoms with Crippen molar-refractivity contribution in [3.05, 3.63) is 40.7 Å². The van der Waals surface area contributed by atoms with Crippen LogP contribution in [0.15, 0.2) is 24.3 Å². The molecule has 0 aliphatic carbocycles. The number of hydrogen-bond acceptors (Lipinski definition) is 2. The van der Waals surface area contributed by atoms with Gasteiger partial charge >= 0.3 is 5.97 Å². The minimum absolute atomic E-state index is 0.0543. The summed E-state index contributed by atoms with van der Waals surface area (Å²) in [6.07, 6.45) is 3.30. The van der Waals surface area contributed by atoms with Crippen LogP contribution in [0.3, 0.4) is 0 Å². The van der Waals surface area contributed by atoms with Gasteiger partial charge in [0.25, 0.3) is 0 Å². The molecule has 1 aromatic carbocycles. The molecule has 4 heteroatoms. The van der Waals surface area contributed by atoms with Gasteiger partial charge in [-0.2, -0.15) is 0 Å². The summed E-state index contributed by atoms with van der Waals surface area (Å²) < 4.78 is 17.4. The number of halogens is 2. The van der Waals surface area contributed by atoms with Crippen LogP contribution in [0.1, 0.15) is 12.0 Å². The molecule has 15 heavy (non-hydrogen) atoms. The summed E-state index contributed by atoms with van der Waals surface area (Å²) in [7, 11) is 1.31. The summed E-state index contributed by atoms with van der Waals surface area (Å²) >= 11 is 5.70. The molecule has 80 valence electrons. The van der Waals surface area contributed by atoms with Crippen LogP contribution < -0.4 is 0 Å². The van der Waals surface area contributed by atoms with Gasteiger partial charge in [0.05, 0.1) is 18.6 Å². The third-order valence-electron chi connectivity index (χ3n) is 1.79. The number of benzene rings is 1. The Hall–Kier alpha value is -1.35. The summed E-state index contributed by atoms with van der Waals surface area (Å²) in [5.41, 5.74) is 0.542. The second-order valence-corrected chi connectivity index (χ2v) is 3.20. The molecule has 0 unspecified atom stereocenters. The van der Waals surface area contributed by atoms with Crippen molar-refractivity contribution in [3.63, 3.8) is 0 Å². The van der Waals surface area contributed by atoms with E-state index in [1.54, 1.807) is 24.3 Å². The molecule has 0 amide bonds. The van der Waals surface area contributed by atoms with Crippen LogP contribution in [-0.4, -0.2) is 13.1 Å². The molecule has 0 fully saturated rings. The van der Waals surface area contributed by atoms with Crippen molar-refractivity contribution in [2.45, 2.75) is 6.42 Å². The smallest absolute Gasteiger partial charge is 0.309 e. The van der Waals surface area contributed by atoms with E-state index < -0.39 is 5.82 Å². The first-order chi connectivity index (χ1) is 7.15. The molecule has 0 aliphatic heterocycles. The molecule has 0 N–H and O–H groups in total. The maximum absolute atomic E-state index is 13.0. The van der Waals surface area contributed by atoms with Gasteiger partial charge in [-0.1, -0.05) is 35.9 Å². The van der Waals surface area contributed by atoms with E-state index in [4.69, 9.17) is 11.6 Å². The van der Waals surface area contributed by atoms with Crippen molar-refractivity contribution in [2.75, 3.05) is 7.11 Å². The molecule has 0 saturated heterocycles. The predicted octanol–water partition coefficient (Wildman–Crippen LogP) is 3.06. The number of ether oxygens (including phenoxy) is 1. The Kier molecular flexibility index (Phi) is 4.31. The molecular formula is C11H10ClFO2. The normalized spacial score (nSPS) is 10.6. The lowest BCUT2D eigenvalue weighted by molar-refractivity contribution is -0.139. The van der Waals surface area contributed by atoms with E-state index in [0.717, 1.165) is 0 Å². The van der Waals surface area contributed by atoms with Crippen LogP contribution in [0.2, 0.25) is 5.02 Å². The fourth-order valence-electron chi connectivity index (χ4n) is 1.01. The van der Waals surface area contributed by atoms with Crippen molar-refractivity contribution < 1.29 is 13.9 Å². The molecule has 0 aliphatic rings. The van der Waals surface area contributed by atoms with Gasteiger partial charge in [-0.25, -0.2) is 4.39 Å². The average Bonchev–Trinajstić information content (AvgIpc) is 2.24. The molecule has 1 rings (SSSR count). The quantitative estimate of drug-likeness (QED) is 0.744. The van der Waals surface area contributed by atoms with Crippen molar-refractivity contribution >= 4 is 23.6 Å². The number of hydrogen-bond donors (Lipinski definition) is 0. The lowest BCUT2D eigenvalue weighted by atomic mass is 10.2. The molecule has 1 aromatic rings. The van der Waals surface area contributed by atoms with E-state index in [1.165, 1.54) is 13.2 Å². The second-order valence-electron chi connectivity index (χ2n) is 2.83. The minimum atomic E-state index is -0.475. The minimum Gasteiger partial charge on any atom is -0.469 e. The SMILES string of the molecule is COC(=O)CC=Cc1cccc(F)c1Cl. The van der Waals surface area contributed by atoms with Gasteiger partial charge in [-0.3, -0.25) is 4.79 Å². The van der Waals surface area contributed by atoms with Gasteiger partial charge in [0.15, 0.2) is 0 Å². The number of carbonyl (C=O) groups is 1. The number of esters is 1. The zero-order valence-electron chi connectivity index (χ0n) is 8.17. The van der Waals surface area contributed by atoms with Crippen LogP contribution in [-0.2, 0) is 9.53 Å². The molecular weight excluding hydrogens is 219 g/mol. The lowest BCUT2D eigenvalue weighted by Crippen LogP contribution is -1.96. The Morgan fingerprint density at radius 2 is 2.33 bits per heavy atom. The molecule has 0 spiro atoms. The van der Waals surface area contributed by atoms with Crippen LogP contribution in [0.25, 0.3) is 6.08 Å². The fourth-order valence-corrected chi connectivity index (χ4v) is 1.20. The molecule has 0 heterocycles. The molecule has 0 radical (unpaired) electrons. The van der Waals surface area contributed by atoms with Gasteiger partial charge in [-0.05, 0) is 11.6 Å². The highest BCUT2D eigenvalue weighted by molar-refractivity contribution is 6.32. The van der Waals surface area contributed by atoms with Crippen molar-refractivity contribution in [1.82, 2.24) is 0 Å². The van der Waals surface area contributed by atoms with Crippen LogP contribution in [0, 0.1) is 5.82 Å². The lowest BCUT2D eigenvalue weighted by Gasteiger charge is -1.98. The summed E-state index contributed by atoms with van der Waals surface area (Å²) in [6, 6.07) is 4.50. The molecule has 0 bridgehead atoms. The highest BCUT2D eigenvalue weighted by atomic mass is 35.5. The predicted molar refractivity (Wildman–Crippen MR) is 57.1 cm³/mol. The van der Waals surface area contributed by atoms with Crippen LogP contribution in [0.5, 0.6) is 0 Å².